The molecule has 2 unspecified atom stereocenters. The zero-order chi connectivity index (χ0) is 16.4. The van der Waals surface area contributed by atoms with Crippen molar-refractivity contribution < 1.29 is 14.6 Å². The SMILES string of the molecule is CC(O)C1CCN(Cc2nc(-c3cccc([N+](=O)[O-])c3)no2)C1. The zero-order valence-electron chi connectivity index (χ0n) is 12.8. The van der Waals surface area contributed by atoms with E-state index >= 15 is 0 Å². The molecule has 2 heterocycles. The summed E-state index contributed by atoms with van der Waals surface area (Å²) in [5, 5.41) is 24.3. The minimum atomic E-state index is -0.453. The summed E-state index contributed by atoms with van der Waals surface area (Å²) < 4.78 is 5.24. The first kappa shape index (κ1) is 15.6. The second-order valence-electron chi connectivity index (χ2n) is 5.84. The zero-order valence-corrected chi connectivity index (χ0v) is 12.8. The van der Waals surface area contributed by atoms with Gasteiger partial charge in [0.1, 0.15) is 0 Å². The topological polar surface area (TPSA) is 106 Å². The highest BCUT2D eigenvalue weighted by molar-refractivity contribution is 5.58. The maximum Gasteiger partial charge on any atom is 0.270 e. The average molecular weight is 318 g/mol. The van der Waals surface area contributed by atoms with Crippen molar-refractivity contribution in [2.45, 2.75) is 26.0 Å². The van der Waals surface area contributed by atoms with Crippen LogP contribution in [0.15, 0.2) is 28.8 Å². The molecule has 1 fully saturated rings. The maximum atomic E-state index is 10.8. The molecule has 0 aliphatic carbocycles. The Balaban J connectivity index is 1.69. The van der Waals surface area contributed by atoms with Gasteiger partial charge in [-0.2, -0.15) is 4.98 Å². The third kappa shape index (κ3) is 3.54. The van der Waals surface area contributed by atoms with Gasteiger partial charge in [0.15, 0.2) is 0 Å². The van der Waals surface area contributed by atoms with E-state index in [1.165, 1.54) is 12.1 Å². The van der Waals surface area contributed by atoms with Crippen LogP contribution in [0.3, 0.4) is 0 Å². The first-order chi connectivity index (χ1) is 11.0. The van der Waals surface area contributed by atoms with E-state index in [0.29, 0.717) is 23.8 Å². The molecule has 1 aromatic heterocycles. The van der Waals surface area contributed by atoms with Gasteiger partial charge in [0.05, 0.1) is 17.6 Å². The van der Waals surface area contributed by atoms with Gasteiger partial charge in [-0.15, -0.1) is 0 Å². The van der Waals surface area contributed by atoms with Crippen LogP contribution in [-0.4, -0.2) is 44.3 Å². The summed E-state index contributed by atoms with van der Waals surface area (Å²) in [6, 6.07) is 6.15. The molecule has 1 aromatic carbocycles. The van der Waals surface area contributed by atoms with Gasteiger partial charge >= 0.3 is 0 Å². The van der Waals surface area contributed by atoms with E-state index < -0.39 is 4.92 Å². The van der Waals surface area contributed by atoms with Crippen LogP contribution in [-0.2, 0) is 6.54 Å². The number of aromatic nitrogens is 2. The molecule has 122 valence electrons. The average Bonchev–Trinajstić information content (AvgIpc) is 3.17. The molecule has 1 aliphatic rings. The fourth-order valence-electron chi connectivity index (χ4n) is 2.79. The van der Waals surface area contributed by atoms with Gasteiger partial charge in [0.2, 0.25) is 11.7 Å². The lowest BCUT2D eigenvalue weighted by Gasteiger charge is -2.15. The van der Waals surface area contributed by atoms with Crippen LogP contribution in [0.1, 0.15) is 19.2 Å². The molecular weight excluding hydrogens is 300 g/mol. The van der Waals surface area contributed by atoms with Gasteiger partial charge in [-0.1, -0.05) is 17.3 Å². The van der Waals surface area contributed by atoms with Crippen LogP contribution in [0.4, 0.5) is 5.69 Å². The lowest BCUT2D eigenvalue weighted by atomic mass is 10.0. The van der Waals surface area contributed by atoms with Gasteiger partial charge in [-0.3, -0.25) is 15.0 Å². The Morgan fingerprint density at radius 3 is 3.09 bits per heavy atom. The summed E-state index contributed by atoms with van der Waals surface area (Å²) >= 11 is 0. The van der Waals surface area contributed by atoms with Gasteiger partial charge in [-0.05, 0) is 25.8 Å². The van der Waals surface area contributed by atoms with Crippen LogP contribution in [0.5, 0.6) is 0 Å². The molecule has 0 bridgehead atoms. The second kappa shape index (κ2) is 6.43. The highest BCUT2D eigenvalue weighted by Gasteiger charge is 2.27. The number of rotatable bonds is 5. The predicted octanol–water partition coefficient (Wildman–Crippen LogP) is 1.85. The van der Waals surface area contributed by atoms with Gasteiger partial charge in [0, 0.05) is 24.2 Å². The molecule has 1 N–H and O–H groups in total. The van der Waals surface area contributed by atoms with Crippen molar-refractivity contribution in [2.24, 2.45) is 5.92 Å². The third-order valence-electron chi connectivity index (χ3n) is 4.13. The number of hydrogen-bond donors (Lipinski definition) is 1. The Morgan fingerprint density at radius 1 is 1.57 bits per heavy atom. The standard InChI is InChI=1S/C15H18N4O4/c1-10(20)12-5-6-18(8-12)9-14-16-15(17-23-14)11-3-2-4-13(7-11)19(21)22/h2-4,7,10,12,20H,5-6,8-9H2,1H3. The minimum Gasteiger partial charge on any atom is -0.393 e. The molecular formula is C15H18N4O4. The second-order valence-corrected chi connectivity index (χ2v) is 5.84. The van der Waals surface area contributed by atoms with Gasteiger partial charge in [0.25, 0.3) is 5.69 Å². The number of aliphatic hydroxyl groups excluding tert-OH is 1. The molecule has 0 saturated carbocycles. The number of non-ortho nitro benzene ring substituents is 1. The van der Waals surface area contributed by atoms with Crippen molar-refractivity contribution in [1.29, 1.82) is 0 Å². The molecule has 0 amide bonds. The summed E-state index contributed by atoms with van der Waals surface area (Å²) in [7, 11) is 0. The highest BCUT2D eigenvalue weighted by Crippen LogP contribution is 2.24. The molecule has 1 aliphatic heterocycles. The van der Waals surface area contributed by atoms with Crippen molar-refractivity contribution in [2.75, 3.05) is 13.1 Å². The summed E-state index contributed by atoms with van der Waals surface area (Å²) in [5.41, 5.74) is 0.547. The minimum absolute atomic E-state index is 0.00633. The number of benzene rings is 1. The van der Waals surface area contributed by atoms with Crippen LogP contribution < -0.4 is 0 Å². The lowest BCUT2D eigenvalue weighted by Crippen LogP contribution is -2.24. The monoisotopic (exact) mass is 318 g/mol. The summed E-state index contributed by atoms with van der Waals surface area (Å²) in [6.45, 7) is 4.00. The first-order valence-electron chi connectivity index (χ1n) is 7.51. The van der Waals surface area contributed by atoms with E-state index in [1.54, 1.807) is 19.1 Å². The predicted molar refractivity (Wildman–Crippen MR) is 81.5 cm³/mol. The van der Waals surface area contributed by atoms with E-state index in [2.05, 4.69) is 15.0 Å². The number of nitro groups is 1. The fraction of sp³-hybridized carbons (Fsp3) is 0.467. The lowest BCUT2D eigenvalue weighted by molar-refractivity contribution is -0.384. The molecule has 23 heavy (non-hydrogen) atoms. The summed E-state index contributed by atoms with van der Waals surface area (Å²) in [5.74, 6) is 1.09. The maximum absolute atomic E-state index is 10.8. The molecule has 2 atom stereocenters. The van der Waals surface area contributed by atoms with E-state index in [4.69, 9.17) is 4.52 Å². The Kier molecular flexibility index (Phi) is 4.35. The number of nitrogens with zero attached hydrogens (tertiary/aromatic N) is 4. The van der Waals surface area contributed by atoms with Crippen LogP contribution in [0.2, 0.25) is 0 Å². The van der Waals surface area contributed by atoms with E-state index in [1.807, 2.05) is 0 Å². The molecule has 0 spiro atoms. The van der Waals surface area contributed by atoms with Crippen molar-refractivity contribution in [1.82, 2.24) is 15.0 Å². The molecule has 0 radical (unpaired) electrons. The van der Waals surface area contributed by atoms with Crippen LogP contribution in [0.25, 0.3) is 11.4 Å². The molecule has 8 nitrogen and oxygen atoms in total. The largest absolute Gasteiger partial charge is 0.393 e. The highest BCUT2D eigenvalue weighted by atomic mass is 16.6. The number of likely N-dealkylation sites (tertiary alicyclic amines) is 1. The normalized spacial score (nSPS) is 19.8. The van der Waals surface area contributed by atoms with Crippen molar-refractivity contribution in [3.8, 4) is 11.4 Å². The summed E-state index contributed by atoms with van der Waals surface area (Å²) in [4.78, 5) is 16.8. The molecule has 1 saturated heterocycles. The van der Waals surface area contributed by atoms with Crippen molar-refractivity contribution in [3.05, 3.63) is 40.3 Å². The Morgan fingerprint density at radius 2 is 2.39 bits per heavy atom. The van der Waals surface area contributed by atoms with Gasteiger partial charge in [-0.25, -0.2) is 0 Å². The molecule has 2 aromatic rings. The van der Waals surface area contributed by atoms with Crippen LogP contribution >= 0.6 is 0 Å². The Labute approximate surface area is 132 Å². The smallest absolute Gasteiger partial charge is 0.270 e. The number of nitro benzene ring substituents is 1. The first-order valence-corrected chi connectivity index (χ1v) is 7.51. The molecule has 3 rings (SSSR count). The van der Waals surface area contributed by atoms with Gasteiger partial charge < -0.3 is 9.63 Å². The Hall–Kier alpha value is -2.32. The third-order valence-corrected chi connectivity index (χ3v) is 4.13. The fourth-order valence-corrected chi connectivity index (χ4v) is 2.79. The quantitative estimate of drug-likeness (QED) is 0.662. The Bertz CT molecular complexity index is 700. The molecule has 8 heteroatoms. The number of aliphatic hydroxyl groups is 1. The van der Waals surface area contributed by atoms with E-state index in [9.17, 15) is 15.2 Å². The van der Waals surface area contributed by atoms with Crippen LogP contribution in [0, 0.1) is 16.0 Å². The van der Waals surface area contributed by atoms with Crippen molar-refractivity contribution >= 4 is 5.69 Å². The summed E-state index contributed by atoms with van der Waals surface area (Å²) in [6.07, 6.45) is 0.631. The van der Waals surface area contributed by atoms with Crippen molar-refractivity contribution in [3.63, 3.8) is 0 Å². The van der Waals surface area contributed by atoms with E-state index in [0.717, 1.165) is 19.5 Å². The van der Waals surface area contributed by atoms with E-state index in [-0.39, 0.29) is 17.7 Å². The number of hydrogen-bond acceptors (Lipinski definition) is 7.